The highest BCUT2D eigenvalue weighted by Crippen LogP contribution is 2.28. The molecule has 0 spiro atoms. The van der Waals surface area contributed by atoms with E-state index in [1.807, 2.05) is 0 Å². The SMILES string of the molecule is Cc1cc(OC(F)(F)F)ccc1S(=O)(=O)Nc1ncc(CC(=O)O)s1. The zero-order valence-electron chi connectivity index (χ0n) is 12.5. The molecule has 12 heteroatoms. The molecule has 1 aromatic carbocycles. The number of carboxylic acids is 1. The summed E-state index contributed by atoms with van der Waals surface area (Å²) in [5, 5.41) is 8.63. The number of sulfonamides is 1. The lowest BCUT2D eigenvalue weighted by molar-refractivity contribution is -0.274. The molecule has 0 bridgehead atoms. The quantitative estimate of drug-likeness (QED) is 0.778. The van der Waals surface area contributed by atoms with E-state index in [9.17, 15) is 26.4 Å². The monoisotopic (exact) mass is 396 g/mol. The van der Waals surface area contributed by atoms with Gasteiger partial charge in [0.25, 0.3) is 10.0 Å². The van der Waals surface area contributed by atoms with E-state index in [0.29, 0.717) is 4.88 Å². The standard InChI is InChI=1S/C13H11F3N2O5S2/c1-7-4-8(23-13(14,15)16)2-3-10(7)25(21,22)18-12-17-6-9(24-12)5-11(19)20/h2-4,6H,5H2,1H3,(H,17,18)(H,19,20). The Bertz CT molecular complexity index is 893. The Morgan fingerprint density at radius 2 is 2.08 bits per heavy atom. The second-order valence-corrected chi connectivity index (χ2v) is 7.55. The molecule has 1 aromatic heterocycles. The number of hydrogen-bond acceptors (Lipinski definition) is 6. The Kier molecular flexibility index (Phi) is 5.23. The Morgan fingerprint density at radius 1 is 1.40 bits per heavy atom. The maximum atomic E-state index is 12.3. The predicted molar refractivity (Wildman–Crippen MR) is 82.1 cm³/mol. The van der Waals surface area contributed by atoms with Gasteiger partial charge in [-0.05, 0) is 30.7 Å². The highest BCUT2D eigenvalue weighted by Gasteiger charge is 2.31. The van der Waals surface area contributed by atoms with Gasteiger partial charge in [0.1, 0.15) is 5.75 Å². The van der Waals surface area contributed by atoms with Crippen LogP contribution in [0.3, 0.4) is 0 Å². The number of nitrogens with one attached hydrogen (secondary N) is 1. The summed E-state index contributed by atoms with van der Waals surface area (Å²) in [5.41, 5.74) is 0.0385. The van der Waals surface area contributed by atoms with Crippen molar-refractivity contribution in [3.05, 3.63) is 34.8 Å². The van der Waals surface area contributed by atoms with Gasteiger partial charge in [0.05, 0.1) is 11.3 Å². The van der Waals surface area contributed by atoms with Crippen molar-refractivity contribution in [3.8, 4) is 5.75 Å². The largest absolute Gasteiger partial charge is 0.573 e. The Hall–Kier alpha value is -2.34. The van der Waals surface area contributed by atoms with Crippen molar-refractivity contribution in [1.82, 2.24) is 4.98 Å². The summed E-state index contributed by atoms with van der Waals surface area (Å²) >= 11 is 0.844. The first kappa shape index (κ1) is 19.0. The lowest BCUT2D eigenvalue weighted by atomic mass is 10.2. The van der Waals surface area contributed by atoms with Gasteiger partial charge < -0.3 is 9.84 Å². The first-order chi connectivity index (χ1) is 11.5. The molecule has 0 radical (unpaired) electrons. The number of benzene rings is 1. The van der Waals surface area contributed by atoms with Gasteiger partial charge in [0.2, 0.25) is 0 Å². The fraction of sp³-hybridized carbons (Fsp3) is 0.231. The number of ether oxygens (including phenoxy) is 1. The van der Waals surface area contributed by atoms with Crippen LogP contribution in [0.4, 0.5) is 18.3 Å². The van der Waals surface area contributed by atoms with Crippen LogP contribution < -0.4 is 9.46 Å². The van der Waals surface area contributed by atoms with Crippen LogP contribution in [-0.4, -0.2) is 30.8 Å². The van der Waals surface area contributed by atoms with Crippen molar-refractivity contribution in [3.63, 3.8) is 0 Å². The number of carboxylic acid groups (broad SMARTS) is 1. The summed E-state index contributed by atoms with van der Waals surface area (Å²) in [6.07, 6.45) is -3.96. The van der Waals surface area contributed by atoms with Crippen LogP contribution in [0.5, 0.6) is 5.75 Å². The van der Waals surface area contributed by atoms with Crippen LogP contribution in [0.2, 0.25) is 0 Å². The van der Waals surface area contributed by atoms with Crippen molar-refractivity contribution < 1.29 is 36.2 Å². The van der Waals surface area contributed by atoms with Crippen LogP contribution in [-0.2, 0) is 21.2 Å². The molecule has 0 unspecified atom stereocenters. The van der Waals surface area contributed by atoms with Gasteiger partial charge in [0.15, 0.2) is 5.13 Å². The lowest BCUT2D eigenvalue weighted by Crippen LogP contribution is -2.18. The summed E-state index contributed by atoms with van der Waals surface area (Å²) < 4.78 is 67.1. The van der Waals surface area contributed by atoms with Crippen LogP contribution in [0.1, 0.15) is 10.4 Å². The smallest absolute Gasteiger partial charge is 0.481 e. The van der Waals surface area contributed by atoms with Crippen molar-refractivity contribution in [1.29, 1.82) is 0 Å². The number of aromatic nitrogens is 1. The first-order valence-electron chi connectivity index (χ1n) is 6.52. The molecular formula is C13H11F3N2O5S2. The zero-order chi connectivity index (χ0) is 18.8. The van der Waals surface area contributed by atoms with Gasteiger partial charge in [-0.1, -0.05) is 0 Å². The number of halogens is 3. The van der Waals surface area contributed by atoms with E-state index in [0.717, 1.165) is 29.5 Å². The molecule has 1 heterocycles. The number of hydrogen-bond donors (Lipinski definition) is 2. The van der Waals surface area contributed by atoms with E-state index in [4.69, 9.17) is 5.11 Å². The number of rotatable bonds is 6. The predicted octanol–water partition coefficient (Wildman–Crippen LogP) is 2.78. The number of aryl methyl sites for hydroxylation is 1. The summed E-state index contributed by atoms with van der Waals surface area (Å²) in [6.45, 7) is 1.31. The summed E-state index contributed by atoms with van der Waals surface area (Å²) in [6, 6.07) is 2.80. The third kappa shape index (κ3) is 5.32. The molecule has 0 amide bonds. The van der Waals surface area contributed by atoms with Gasteiger partial charge >= 0.3 is 12.3 Å². The first-order valence-corrected chi connectivity index (χ1v) is 8.82. The number of thiazole rings is 1. The minimum atomic E-state index is -4.88. The highest BCUT2D eigenvalue weighted by atomic mass is 32.2. The third-order valence-electron chi connectivity index (χ3n) is 2.77. The fourth-order valence-electron chi connectivity index (χ4n) is 1.88. The number of nitrogens with zero attached hydrogens (tertiary/aromatic N) is 1. The van der Waals surface area contributed by atoms with E-state index >= 15 is 0 Å². The normalized spacial score (nSPS) is 12.0. The van der Waals surface area contributed by atoms with Crippen molar-refractivity contribution in [2.45, 2.75) is 24.6 Å². The van der Waals surface area contributed by atoms with Crippen molar-refractivity contribution >= 4 is 32.5 Å². The van der Waals surface area contributed by atoms with Gasteiger partial charge in [0, 0.05) is 11.1 Å². The van der Waals surface area contributed by atoms with Crippen LogP contribution in [0.25, 0.3) is 0 Å². The zero-order valence-corrected chi connectivity index (χ0v) is 14.1. The molecule has 0 aliphatic carbocycles. The second kappa shape index (κ2) is 6.88. The van der Waals surface area contributed by atoms with E-state index in [1.54, 1.807) is 0 Å². The number of aliphatic carboxylic acids is 1. The van der Waals surface area contributed by atoms with Crippen LogP contribution in [0.15, 0.2) is 29.3 Å². The Labute approximate surface area is 144 Å². The minimum absolute atomic E-state index is 0.0385. The van der Waals surface area contributed by atoms with Gasteiger partial charge in [-0.3, -0.25) is 9.52 Å². The molecule has 0 aliphatic heterocycles. The average Bonchev–Trinajstić information content (AvgIpc) is 2.81. The molecule has 2 N–H and O–H groups in total. The molecule has 2 aromatic rings. The number of carbonyl (C=O) groups is 1. The molecule has 25 heavy (non-hydrogen) atoms. The van der Waals surface area contributed by atoms with E-state index in [1.165, 1.54) is 13.1 Å². The number of anilines is 1. The molecular weight excluding hydrogens is 385 g/mol. The molecule has 7 nitrogen and oxygen atoms in total. The summed E-state index contributed by atoms with van der Waals surface area (Å²) in [4.78, 5) is 14.5. The fourth-order valence-corrected chi connectivity index (χ4v) is 4.15. The van der Waals surface area contributed by atoms with Crippen LogP contribution >= 0.6 is 11.3 Å². The second-order valence-electron chi connectivity index (χ2n) is 4.78. The lowest BCUT2D eigenvalue weighted by Gasteiger charge is -2.12. The van der Waals surface area contributed by atoms with Gasteiger partial charge in [-0.25, -0.2) is 13.4 Å². The van der Waals surface area contributed by atoms with E-state index < -0.39 is 28.1 Å². The van der Waals surface area contributed by atoms with Gasteiger partial charge in [-0.2, -0.15) is 0 Å². The van der Waals surface area contributed by atoms with Gasteiger partial charge in [-0.15, -0.1) is 24.5 Å². The van der Waals surface area contributed by atoms with Crippen molar-refractivity contribution in [2.75, 3.05) is 4.72 Å². The molecule has 136 valence electrons. The van der Waals surface area contributed by atoms with E-state index in [2.05, 4.69) is 14.4 Å². The topological polar surface area (TPSA) is 106 Å². The Balaban J connectivity index is 2.21. The number of alkyl halides is 3. The molecule has 2 rings (SSSR count). The summed E-state index contributed by atoms with van der Waals surface area (Å²) in [5.74, 6) is -1.63. The molecule has 0 saturated carbocycles. The maximum absolute atomic E-state index is 12.3. The molecule has 0 aliphatic rings. The van der Waals surface area contributed by atoms with Crippen molar-refractivity contribution in [2.24, 2.45) is 0 Å². The van der Waals surface area contributed by atoms with E-state index in [-0.39, 0.29) is 22.0 Å². The average molecular weight is 396 g/mol. The van der Waals surface area contributed by atoms with Crippen LogP contribution in [0, 0.1) is 6.92 Å². The molecule has 0 atom stereocenters. The third-order valence-corrected chi connectivity index (χ3v) is 5.31. The highest BCUT2D eigenvalue weighted by molar-refractivity contribution is 7.93. The minimum Gasteiger partial charge on any atom is -0.481 e. The Morgan fingerprint density at radius 3 is 2.64 bits per heavy atom. The maximum Gasteiger partial charge on any atom is 0.573 e. The molecule has 0 fully saturated rings. The molecule has 0 saturated heterocycles. The summed E-state index contributed by atoms with van der Waals surface area (Å²) in [7, 11) is -4.11.